The zero-order valence-electron chi connectivity index (χ0n) is 9.80. The van der Waals surface area contributed by atoms with Crippen molar-refractivity contribution in [1.29, 1.82) is 0 Å². The number of likely N-dealkylation sites (tertiary alicyclic amines) is 1. The highest BCUT2D eigenvalue weighted by Gasteiger charge is 2.35. The summed E-state index contributed by atoms with van der Waals surface area (Å²) in [5.74, 6) is 0.235. The van der Waals surface area contributed by atoms with Gasteiger partial charge in [-0.3, -0.25) is 4.79 Å². The van der Waals surface area contributed by atoms with Crippen LogP contribution in [0, 0.1) is 0 Å². The number of nitrogens with zero attached hydrogens (tertiary/aromatic N) is 1. The molecule has 0 spiro atoms. The SMILES string of the molecule is O=C(C1Cc2ccccc21)N1CCC[C@H](O)C1. The topological polar surface area (TPSA) is 40.5 Å². The van der Waals surface area contributed by atoms with Crippen LogP contribution in [0.2, 0.25) is 0 Å². The molecule has 2 atom stereocenters. The second-order valence-corrected chi connectivity index (χ2v) is 5.04. The number of hydrogen-bond donors (Lipinski definition) is 1. The van der Waals surface area contributed by atoms with Gasteiger partial charge in [0.15, 0.2) is 0 Å². The molecule has 0 saturated carbocycles. The molecule has 1 aliphatic carbocycles. The van der Waals surface area contributed by atoms with E-state index in [0.29, 0.717) is 6.54 Å². The Labute approximate surface area is 101 Å². The zero-order valence-corrected chi connectivity index (χ0v) is 9.80. The number of amides is 1. The molecular weight excluding hydrogens is 214 g/mol. The van der Waals surface area contributed by atoms with E-state index < -0.39 is 0 Å². The van der Waals surface area contributed by atoms with Crippen LogP contribution in [0.15, 0.2) is 24.3 Å². The van der Waals surface area contributed by atoms with Crippen molar-refractivity contribution in [2.45, 2.75) is 31.3 Å². The average Bonchev–Trinajstić information content (AvgIpc) is 2.30. The van der Waals surface area contributed by atoms with Crippen molar-refractivity contribution < 1.29 is 9.90 Å². The Balaban J connectivity index is 1.72. The molecule has 1 N–H and O–H groups in total. The monoisotopic (exact) mass is 231 g/mol. The molecule has 1 amide bonds. The number of rotatable bonds is 1. The first kappa shape index (κ1) is 10.8. The quantitative estimate of drug-likeness (QED) is 0.791. The van der Waals surface area contributed by atoms with E-state index in [1.807, 2.05) is 23.1 Å². The van der Waals surface area contributed by atoms with Crippen LogP contribution in [0.1, 0.15) is 29.9 Å². The largest absolute Gasteiger partial charge is 0.391 e. The number of hydrogen-bond acceptors (Lipinski definition) is 2. The number of fused-ring (bicyclic) bond motifs is 1. The molecule has 1 fully saturated rings. The summed E-state index contributed by atoms with van der Waals surface area (Å²) in [6, 6.07) is 8.14. The number of aliphatic hydroxyl groups excluding tert-OH is 1. The van der Waals surface area contributed by atoms with E-state index in [0.717, 1.165) is 25.8 Å². The molecule has 17 heavy (non-hydrogen) atoms. The van der Waals surface area contributed by atoms with Gasteiger partial charge in [-0.05, 0) is 30.4 Å². The normalized spacial score (nSPS) is 27.2. The van der Waals surface area contributed by atoms with Crippen LogP contribution in [0.4, 0.5) is 0 Å². The second-order valence-electron chi connectivity index (χ2n) is 5.04. The van der Waals surface area contributed by atoms with Crippen LogP contribution in [-0.4, -0.2) is 35.1 Å². The van der Waals surface area contributed by atoms with E-state index in [-0.39, 0.29) is 17.9 Å². The number of piperidine rings is 1. The van der Waals surface area contributed by atoms with Crippen LogP contribution >= 0.6 is 0 Å². The highest BCUT2D eigenvalue weighted by atomic mass is 16.3. The lowest BCUT2D eigenvalue weighted by Gasteiger charge is -2.37. The third-order valence-corrected chi connectivity index (χ3v) is 3.86. The molecule has 1 heterocycles. The summed E-state index contributed by atoms with van der Waals surface area (Å²) < 4.78 is 0. The van der Waals surface area contributed by atoms with E-state index in [1.54, 1.807) is 0 Å². The molecule has 0 radical (unpaired) electrons. The summed E-state index contributed by atoms with van der Waals surface area (Å²) in [4.78, 5) is 14.1. The van der Waals surface area contributed by atoms with Crippen LogP contribution < -0.4 is 0 Å². The highest BCUT2D eigenvalue weighted by Crippen LogP contribution is 2.36. The Morgan fingerprint density at radius 2 is 2.18 bits per heavy atom. The molecular formula is C14H17NO2. The van der Waals surface area contributed by atoms with Gasteiger partial charge in [0.1, 0.15) is 0 Å². The summed E-state index contributed by atoms with van der Waals surface area (Å²) in [6.45, 7) is 1.31. The fraction of sp³-hybridized carbons (Fsp3) is 0.500. The van der Waals surface area contributed by atoms with Gasteiger partial charge in [0.2, 0.25) is 5.91 Å². The average molecular weight is 231 g/mol. The standard InChI is InChI=1S/C14H17NO2/c16-11-5-3-7-15(9-11)14(17)13-8-10-4-1-2-6-12(10)13/h1-2,4,6,11,13,16H,3,5,7-9H2/t11-,13?/m0/s1. The molecule has 3 rings (SSSR count). The summed E-state index contributed by atoms with van der Waals surface area (Å²) in [6.07, 6.45) is 2.27. The Kier molecular flexibility index (Phi) is 2.63. The minimum atomic E-state index is -0.331. The van der Waals surface area contributed by atoms with Crippen LogP contribution in [0.5, 0.6) is 0 Å². The number of aliphatic hydroxyl groups is 1. The Hall–Kier alpha value is -1.35. The number of β-amino-alcohol motifs (C(OH)–C–C–N with tert-alkyl or cyclic N) is 1. The Bertz CT molecular complexity index is 444. The molecule has 2 aliphatic rings. The van der Waals surface area contributed by atoms with Crippen molar-refractivity contribution in [3.8, 4) is 0 Å². The van der Waals surface area contributed by atoms with Gasteiger partial charge in [0.25, 0.3) is 0 Å². The minimum absolute atomic E-state index is 0.0384. The van der Waals surface area contributed by atoms with Crippen LogP contribution in [0.25, 0.3) is 0 Å². The predicted molar refractivity (Wildman–Crippen MR) is 64.7 cm³/mol. The number of carbonyl (C=O) groups excluding carboxylic acids is 1. The predicted octanol–water partition coefficient (Wildman–Crippen LogP) is 1.31. The van der Waals surface area contributed by atoms with Crippen molar-refractivity contribution in [3.63, 3.8) is 0 Å². The molecule has 1 saturated heterocycles. The van der Waals surface area contributed by atoms with E-state index in [4.69, 9.17) is 0 Å². The summed E-state index contributed by atoms with van der Waals surface area (Å²) in [7, 11) is 0. The van der Waals surface area contributed by atoms with Gasteiger partial charge in [-0.1, -0.05) is 24.3 Å². The lowest BCUT2D eigenvalue weighted by Crippen LogP contribution is -2.46. The second kappa shape index (κ2) is 4.15. The fourth-order valence-electron chi connectivity index (χ4n) is 2.85. The third-order valence-electron chi connectivity index (χ3n) is 3.86. The molecule has 0 aromatic heterocycles. The van der Waals surface area contributed by atoms with Crippen LogP contribution in [0.3, 0.4) is 0 Å². The first-order valence-electron chi connectivity index (χ1n) is 6.30. The molecule has 1 aromatic rings. The van der Waals surface area contributed by atoms with E-state index >= 15 is 0 Å². The first-order valence-corrected chi connectivity index (χ1v) is 6.30. The zero-order chi connectivity index (χ0) is 11.8. The van der Waals surface area contributed by atoms with E-state index in [9.17, 15) is 9.90 Å². The molecule has 1 aromatic carbocycles. The van der Waals surface area contributed by atoms with E-state index in [2.05, 4.69) is 6.07 Å². The van der Waals surface area contributed by atoms with Crippen molar-refractivity contribution in [3.05, 3.63) is 35.4 Å². The van der Waals surface area contributed by atoms with Crippen molar-refractivity contribution in [2.24, 2.45) is 0 Å². The lowest BCUT2D eigenvalue weighted by atomic mass is 9.76. The smallest absolute Gasteiger partial charge is 0.230 e. The maximum Gasteiger partial charge on any atom is 0.230 e. The first-order chi connectivity index (χ1) is 8.25. The van der Waals surface area contributed by atoms with Gasteiger partial charge in [-0.2, -0.15) is 0 Å². The minimum Gasteiger partial charge on any atom is -0.391 e. The number of carbonyl (C=O) groups is 1. The molecule has 3 heteroatoms. The maximum atomic E-state index is 12.3. The third kappa shape index (κ3) is 1.84. The lowest BCUT2D eigenvalue weighted by molar-refractivity contribution is -0.136. The highest BCUT2D eigenvalue weighted by molar-refractivity contribution is 5.87. The van der Waals surface area contributed by atoms with Crippen LogP contribution in [-0.2, 0) is 11.2 Å². The summed E-state index contributed by atoms with van der Waals surface area (Å²) >= 11 is 0. The van der Waals surface area contributed by atoms with Gasteiger partial charge in [0, 0.05) is 13.1 Å². The molecule has 3 nitrogen and oxygen atoms in total. The Morgan fingerprint density at radius 1 is 1.35 bits per heavy atom. The van der Waals surface area contributed by atoms with Gasteiger partial charge in [-0.25, -0.2) is 0 Å². The van der Waals surface area contributed by atoms with E-state index in [1.165, 1.54) is 11.1 Å². The van der Waals surface area contributed by atoms with Crippen molar-refractivity contribution >= 4 is 5.91 Å². The Morgan fingerprint density at radius 3 is 2.94 bits per heavy atom. The number of benzene rings is 1. The summed E-state index contributed by atoms with van der Waals surface area (Å²) in [5.41, 5.74) is 2.47. The van der Waals surface area contributed by atoms with Gasteiger partial charge < -0.3 is 10.0 Å². The maximum absolute atomic E-state index is 12.3. The van der Waals surface area contributed by atoms with Crippen molar-refractivity contribution in [1.82, 2.24) is 4.90 Å². The molecule has 1 aliphatic heterocycles. The molecule has 0 bridgehead atoms. The van der Waals surface area contributed by atoms with Gasteiger partial charge >= 0.3 is 0 Å². The van der Waals surface area contributed by atoms with Gasteiger partial charge in [0.05, 0.1) is 12.0 Å². The van der Waals surface area contributed by atoms with Crippen molar-refractivity contribution in [2.75, 3.05) is 13.1 Å². The van der Waals surface area contributed by atoms with Gasteiger partial charge in [-0.15, -0.1) is 0 Å². The molecule has 90 valence electrons. The molecule has 1 unspecified atom stereocenters. The summed E-state index contributed by atoms with van der Waals surface area (Å²) in [5, 5.41) is 9.60. The fourth-order valence-corrected chi connectivity index (χ4v) is 2.85.